The van der Waals surface area contributed by atoms with Crippen molar-refractivity contribution in [1.29, 1.82) is 0 Å². The molecule has 0 amide bonds. The van der Waals surface area contributed by atoms with E-state index in [1.807, 2.05) is 0 Å². The molecule has 0 rings (SSSR count). The highest BCUT2D eigenvalue weighted by molar-refractivity contribution is 7.47. The number of hydrogen-bond donors (Lipinski definition) is 3. The molecule has 107 heavy (non-hydrogen) atoms. The average Bonchev–Trinajstić information content (AvgIpc) is 0.902. The molecule has 17 nitrogen and oxygen atoms in total. The Morgan fingerprint density at radius 2 is 0.393 bits per heavy atom. The third kappa shape index (κ3) is 81.9. The van der Waals surface area contributed by atoms with Crippen LogP contribution < -0.4 is 0 Å². The lowest BCUT2D eigenvalue weighted by molar-refractivity contribution is -0.161. The molecule has 0 aromatic rings. The fourth-order valence-corrected chi connectivity index (χ4v) is 15.3. The topological polar surface area (TPSA) is 237 Å². The summed E-state index contributed by atoms with van der Waals surface area (Å²) in [6.45, 7) is 14.3. The summed E-state index contributed by atoms with van der Waals surface area (Å²) < 4.78 is 69.0. The smallest absolute Gasteiger partial charge is 0.462 e. The highest BCUT2D eigenvalue weighted by atomic mass is 31.2. The number of esters is 4. The Balaban J connectivity index is 5.24. The zero-order valence-electron chi connectivity index (χ0n) is 70.8. The molecule has 0 aliphatic rings. The molecule has 0 bridgehead atoms. The number of carbonyl (C=O) groups is 4. The maximum absolute atomic E-state index is 13.2. The van der Waals surface area contributed by atoms with Crippen molar-refractivity contribution in [3.05, 3.63) is 0 Å². The van der Waals surface area contributed by atoms with Crippen LogP contribution in [-0.4, -0.2) is 96.7 Å². The van der Waals surface area contributed by atoms with Crippen molar-refractivity contribution in [3.8, 4) is 0 Å². The van der Waals surface area contributed by atoms with E-state index in [0.29, 0.717) is 25.7 Å². The van der Waals surface area contributed by atoms with E-state index < -0.39 is 97.5 Å². The van der Waals surface area contributed by atoms with Crippen molar-refractivity contribution in [1.82, 2.24) is 0 Å². The second kappa shape index (κ2) is 76.7. The minimum Gasteiger partial charge on any atom is -0.462 e. The lowest BCUT2D eigenvalue weighted by Crippen LogP contribution is -2.30. The standard InChI is InChI=1S/C88H172O17P2/c1-78(2)64-56-48-40-32-26-20-14-11-9-10-12-16-24-30-36-46-54-62-70-87(92)104-83(74-98-85(90)68-60-52-44-35-29-23-17-13-15-21-27-33-41-49-57-65-79(3)4)76-102-106(94,95)100-72-82(89)73-101-107(96,97)103-77-84(75-99-86(91)69-61-53-45-39-38-43-51-59-67-81(7)8)105-88(93)71-63-55-47-37-31-25-19-18-22-28-34-42-50-58-66-80(5)6/h78-84,89H,9-77H2,1-8H3,(H,94,95)(H,96,97)/t82-,83-,84-/m1/s1. The van der Waals surface area contributed by atoms with Gasteiger partial charge in [-0.1, -0.05) is 409 Å². The number of aliphatic hydroxyl groups is 1. The van der Waals surface area contributed by atoms with Crippen molar-refractivity contribution >= 4 is 39.5 Å². The van der Waals surface area contributed by atoms with E-state index in [0.717, 1.165) is 114 Å². The SMILES string of the molecule is CC(C)CCCCCCCCCCCCCCCCCCCCC(=O)O[C@H](COC(=O)CCCCCCCCCCCCCCCCCC(C)C)COP(=O)(O)OC[C@@H](O)COP(=O)(O)OC[C@@H](COC(=O)CCCCCCCCCCC(C)C)OC(=O)CCCCCCCCCCCCCCCCC(C)C. The Hall–Kier alpha value is -1.94. The molecular weight excluding hydrogens is 1390 g/mol. The molecule has 0 radical (unpaired) electrons. The van der Waals surface area contributed by atoms with E-state index in [-0.39, 0.29) is 25.7 Å². The lowest BCUT2D eigenvalue weighted by atomic mass is 10.0. The summed E-state index contributed by atoms with van der Waals surface area (Å²) in [5, 5.41) is 10.7. The minimum atomic E-state index is -4.97. The van der Waals surface area contributed by atoms with Gasteiger partial charge < -0.3 is 33.8 Å². The average molecular weight is 1560 g/mol. The summed E-state index contributed by atoms with van der Waals surface area (Å²) in [7, 11) is -9.93. The van der Waals surface area contributed by atoms with Crippen molar-refractivity contribution < 1.29 is 80.2 Å². The second-order valence-electron chi connectivity index (χ2n) is 33.5. The first-order chi connectivity index (χ1) is 51.6. The van der Waals surface area contributed by atoms with Crippen LogP contribution in [-0.2, 0) is 65.4 Å². The van der Waals surface area contributed by atoms with E-state index in [1.165, 1.54) is 263 Å². The third-order valence-electron chi connectivity index (χ3n) is 20.6. The number of aliphatic hydroxyl groups excluding tert-OH is 1. The van der Waals surface area contributed by atoms with Gasteiger partial charge in [0.1, 0.15) is 19.3 Å². The van der Waals surface area contributed by atoms with Gasteiger partial charge in [0.25, 0.3) is 0 Å². The van der Waals surface area contributed by atoms with Gasteiger partial charge in [0, 0.05) is 25.7 Å². The Morgan fingerprint density at radius 3 is 0.579 bits per heavy atom. The first-order valence-electron chi connectivity index (χ1n) is 45.2. The van der Waals surface area contributed by atoms with Gasteiger partial charge in [0.2, 0.25) is 0 Å². The summed E-state index contributed by atoms with van der Waals surface area (Å²) in [5.74, 6) is 1.04. The van der Waals surface area contributed by atoms with Gasteiger partial charge in [0.15, 0.2) is 12.2 Å². The molecule has 0 spiro atoms. The molecule has 0 aliphatic heterocycles. The Kier molecular flexibility index (Phi) is 75.3. The van der Waals surface area contributed by atoms with Crippen molar-refractivity contribution in [3.63, 3.8) is 0 Å². The maximum atomic E-state index is 13.2. The number of rotatable bonds is 85. The Labute approximate surface area is 658 Å². The molecule has 19 heteroatoms. The van der Waals surface area contributed by atoms with Gasteiger partial charge in [-0.25, -0.2) is 9.13 Å². The molecule has 2 unspecified atom stereocenters. The predicted octanol–water partition coefficient (Wildman–Crippen LogP) is 26.7. The number of hydrogen-bond acceptors (Lipinski definition) is 15. The Bertz CT molecular complexity index is 2080. The fourth-order valence-electron chi connectivity index (χ4n) is 13.7. The summed E-state index contributed by atoms with van der Waals surface area (Å²) in [6.07, 6.45) is 66.7. The van der Waals surface area contributed by atoms with E-state index in [9.17, 15) is 43.2 Å². The van der Waals surface area contributed by atoms with E-state index in [4.69, 9.17) is 37.0 Å². The summed E-state index contributed by atoms with van der Waals surface area (Å²) in [6, 6.07) is 0. The van der Waals surface area contributed by atoms with Crippen LogP contribution in [0, 0.1) is 23.7 Å². The second-order valence-corrected chi connectivity index (χ2v) is 36.4. The molecule has 0 saturated carbocycles. The molecule has 3 N–H and O–H groups in total. The van der Waals surface area contributed by atoms with Crippen LogP contribution in [0.3, 0.4) is 0 Å². The quantitative estimate of drug-likeness (QED) is 0.0222. The lowest BCUT2D eigenvalue weighted by Gasteiger charge is -2.21. The number of phosphoric ester groups is 2. The molecular formula is C88H172O17P2. The normalized spacial score (nSPS) is 13.9. The molecule has 0 saturated heterocycles. The molecule has 0 aromatic heterocycles. The molecule has 636 valence electrons. The van der Waals surface area contributed by atoms with Gasteiger partial charge in [-0.3, -0.25) is 37.3 Å². The van der Waals surface area contributed by atoms with Gasteiger partial charge in [0.05, 0.1) is 26.4 Å². The van der Waals surface area contributed by atoms with E-state index in [1.54, 1.807) is 0 Å². The number of ether oxygens (including phenoxy) is 4. The monoisotopic (exact) mass is 1560 g/mol. The first kappa shape index (κ1) is 105. The van der Waals surface area contributed by atoms with Crippen molar-refractivity contribution in [2.75, 3.05) is 39.6 Å². The summed E-state index contributed by atoms with van der Waals surface area (Å²) in [5.41, 5.74) is 0. The highest BCUT2D eigenvalue weighted by Gasteiger charge is 2.31. The van der Waals surface area contributed by atoms with Crippen LogP contribution in [0.25, 0.3) is 0 Å². The molecule has 0 aromatic carbocycles. The summed E-state index contributed by atoms with van der Waals surface area (Å²) in [4.78, 5) is 73.3. The number of phosphoric acid groups is 2. The number of carbonyl (C=O) groups excluding carboxylic acids is 4. The largest absolute Gasteiger partial charge is 0.472 e. The van der Waals surface area contributed by atoms with Gasteiger partial charge in [-0.05, 0) is 49.4 Å². The number of unbranched alkanes of at least 4 members (excludes halogenated alkanes) is 51. The zero-order chi connectivity index (χ0) is 78.8. The minimum absolute atomic E-state index is 0.107. The molecule has 0 aliphatic carbocycles. The van der Waals surface area contributed by atoms with Crippen molar-refractivity contribution in [2.45, 2.75) is 478 Å². The van der Waals surface area contributed by atoms with Crippen molar-refractivity contribution in [2.24, 2.45) is 23.7 Å². The van der Waals surface area contributed by atoms with Crippen LogP contribution in [0.5, 0.6) is 0 Å². The third-order valence-corrected chi connectivity index (χ3v) is 22.5. The van der Waals surface area contributed by atoms with Crippen LogP contribution in [0.2, 0.25) is 0 Å². The molecule has 5 atom stereocenters. The molecule has 0 fully saturated rings. The van der Waals surface area contributed by atoms with E-state index >= 15 is 0 Å². The predicted molar refractivity (Wildman–Crippen MR) is 441 cm³/mol. The maximum Gasteiger partial charge on any atom is 0.472 e. The van der Waals surface area contributed by atoms with Crippen LogP contribution in [0.1, 0.15) is 460 Å². The van der Waals surface area contributed by atoms with Crippen LogP contribution in [0.15, 0.2) is 0 Å². The van der Waals surface area contributed by atoms with E-state index in [2.05, 4.69) is 55.4 Å². The summed E-state index contributed by atoms with van der Waals surface area (Å²) >= 11 is 0. The van der Waals surface area contributed by atoms with Crippen LogP contribution >= 0.6 is 15.6 Å². The fraction of sp³-hybridized carbons (Fsp3) is 0.955. The highest BCUT2D eigenvalue weighted by Crippen LogP contribution is 2.45. The van der Waals surface area contributed by atoms with Gasteiger partial charge in [-0.15, -0.1) is 0 Å². The van der Waals surface area contributed by atoms with Crippen LogP contribution in [0.4, 0.5) is 0 Å². The zero-order valence-corrected chi connectivity index (χ0v) is 72.6. The van der Waals surface area contributed by atoms with Gasteiger partial charge in [-0.2, -0.15) is 0 Å². The first-order valence-corrected chi connectivity index (χ1v) is 48.2. The van der Waals surface area contributed by atoms with Gasteiger partial charge >= 0.3 is 39.5 Å². The Morgan fingerprint density at radius 1 is 0.234 bits per heavy atom. The molecule has 0 heterocycles.